The highest BCUT2D eigenvalue weighted by Gasteiger charge is 2.48. The second-order valence-corrected chi connectivity index (χ2v) is 9.57. The molecule has 2 fully saturated rings. The van der Waals surface area contributed by atoms with Crippen LogP contribution in [0.5, 0.6) is 0 Å². The van der Waals surface area contributed by atoms with Crippen molar-refractivity contribution in [2.24, 2.45) is 0 Å². The first-order valence-electron chi connectivity index (χ1n) is 9.15. The Morgan fingerprint density at radius 3 is 2.73 bits per heavy atom. The number of carbonyl (C=O) groups is 1. The van der Waals surface area contributed by atoms with E-state index in [0.29, 0.717) is 25.4 Å². The quantitative estimate of drug-likeness (QED) is 0.719. The van der Waals surface area contributed by atoms with E-state index in [2.05, 4.69) is 16.1 Å². The zero-order valence-electron chi connectivity index (χ0n) is 15.6. The Labute approximate surface area is 154 Å². The average Bonchev–Trinajstić information content (AvgIpc) is 3.15. The lowest BCUT2D eigenvalue weighted by Crippen LogP contribution is -2.60. The Bertz CT molecular complexity index is 795. The zero-order valence-corrected chi connectivity index (χ0v) is 16.5. The van der Waals surface area contributed by atoms with Gasteiger partial charge in [0.2, 0.25) is 0 Å². The van der Waals surface area contributed by atoms with Crippen LogP contribution < -0.4 is 0 Å². The molecule has 144 valence electrons. The molecule has 8 heteroatoms. The topological polar surface area (TPSA) is 83.7 Å². The van der Waals surface area contributed by atoms with Crippen LogP contribution in [0.25, 0.3) is 0 Å². The molecule has 3 rings (SSSR count). The summed E-state index contributed by atoms with van der Waals surface area (Å²) in [5, 5.41) is 3.90. The summed E-state index contributed by atoms with van der Waals surface area (Å²) < 4.78 is 29.7. The van der Waals surface area contributed by atoms with Gasteiger partial charge in [0.05, 0.1) is 17.5 Å². The number of aromatic nitrogens is 1. The summed E-state index contributed by atoms with van der Waals surface area (Å²) in [5.41, 5.74) is 1.47. The first-order valence-corrected chi connectivity index (χ1v) is 11.0. The monoisotopic (exact) mass is 381 g/mol. The van der Waals surface area contributed by atoms with Crippen LogP contribution >= 0.6 is 0 Å². The summed E-state index contributed by atoms with van der Waals surface area (Å²) in [6.07, 6.45) is 3.75. The van der Waals surface area contributed by atoms with Crippen LogP contribution in [0.2, 0.25) is 0 Å². The van der Waals surface area contributed by atoms with E-state index < -0.39 is 9.84 Å². The van der Waals surface area contributed by atoms with Crippen LogP contribution in [0.15, 0.2) is 22.2 Å². The van der Waals surface area contributed by atoms with Crippen LogP contribution in [0.3, 0.4) is 0 Å². The summed E-state index contributed by atoms with van der Waals surface area (Å²) >= 11 is 0. The Kier molecular flexibility index (Phi) is 5.53. The fourth-order valence-electron chi connectivity index (χ4n) is 3.73. The Morgan fingerprint density at radius 2 is 2.04 bits per heavy atom. The summed E-state index contributed by atoms with van der Waals surface area (Å²) in [5.74, 6) is 0.588. The van der Waals surface area contributed by atoms with Gasteiger partial charge in [0, 0.05) is 38.2 Å². The molecule has 0 saturated carbocycles. The molecule has 3 heterocycles. The minimum Gasteiger partial charge on any atom is -0.361 e. The second kappa shape index (κ2) is 7.52. The molecular weight excluding hydrogens is 354 g/mol. The van der Waals surface area contributed by atoms with Gasteiger partial charge in [0.25, 0.3) is 5.91 Å². The van der Waals surface area contributed by atoms with Gasteiger partial charge in [-0.3, -0.25) is 9.69 Å². The third-order valence-electron chi connectivity index (χ3n) is 5.06. The molecule has 2 atom stereocenters. The standard InChI is InChI=1S/C18H27N3O4S/c1-4-5-14-10-15(19-25-14)18(22)21-9-8-20(7-6-13(2)3)16-11-26(23,24)12-17(16)21/h6,10,16-17H,4-5,7-9,11-12H2,1-3H3. The molecular formula is C18H27N3O4S. The number of allylic oxidation sites excluding steroid dienone is 1. The predicted octanol–water partition coefficient (Wildman–Crippen LogP) is 1.52. The van der Waals surface area contributed by atoms with Gasteiger partial charge in [-0.2, -0.15) is 0 Å². The largest absolute Gasteiger partial charge is 0.361 e. The van der Waals surface area contributed by atoms with E-state index in [0.717, 1.165) is 12.8 Å². The molecule has 1 aromatic heterocycles. The van der Waals surface area contributed by atoms with Crippen molar-refractivity contribution in [3.05, 3.63) is 29.2 Å². The Hall–Kier alpha value is -1.67. The van der Waals surface area contributed by atoms with Crippen LogP contribution in [-0.4, -0.2) is 72.5 Å². The third kappa shape index (κ3) is 4.01. The minimum atomic E-state index is -3.15. The molecule has 0 radical (unpaired) electrons. The first kappa shape index (κ1) is 19.1. The number of amides is 1. The van der Waals surface area contributed by atoms with Crippen molar-refractivity contribution in [2.45, 2.75) is 45.7 Å². The third-order valence-corrected chi connectivity index (χ3v) is 6.76. The van der Waals surface area contributed by atoms with Gasteiger partial charge < -0.3 is 9.42 Å². The average molecular weight is 381 g/mol. The number of sulfone groups is 1. The van der Waals surface area contributed by atoms with E-state index >= 15 is 0 Å². The Morgan fingerprint density at radius 1 is 1.31 bits per heavy atom. The second-order valence-electron chi connectivity index (χ2n) is 7.42. The highest BCUT2D eigenvalue weighted by atomic mass is 32.2. The first-order chi connectivity index (χ1) is 12.3. The van der Waals surface area contributed by atoms with Gasteiger partial charge in [0.15, 0.2) is 15.5 Å². The minimum absolute atomic E-state index is 0.0222. The van der Waals surface area contributed by atoms with Gasteiger partial charge in [-0.05, 0) is 20.3 Å². The molecule has 0 aromatic carbocycles. The molecule has 0 spiro atoms. The molecule has 1 aromatic rings. The van der Waals surface area contributed by atoms with Crippen molar-refractivity contribution >= 4 is 15.7 Å². The van der Waals surface area contributed by atoms with Gasteiger partial charge in [-0.1, -0.05) is 23.7 Å². The van der Waals surface area contributed by atoms with Crippen LogP contribution in [-0.2, 0) is 16.3 Å². The lowest BCUT2D eigenvalue weighted by molar-refractivity contribution is 0.0360. The number of hydrogen-bond acceptors (Lipinski definition) is 6. The molecule has 2 unspecified atom stereocenters. The molecule has 0 bridgehead atoms. The molecule has 0 aliphatic carbocycles. The van der Waals surface area contributed by atoms with E-state index in [4.69, 9.17) is 4.52 Å². The van der Waals surface area contributed by atoms with Crippen LogP contribution in [0, 0.1) is 0 Å². The van der Waals surface area contributed by atoms with Gasteiger partial charge in [-0.15, -0.1) is 0 Å². The van der Waals surface area contributed by atoms with E-state index in [1.165, 1.54) is 5.57 Å². The van der Waals surface area contributed by atoms with Crippen molar-refractivity contribution in [1.29, 1.82) is 0 Å². The van der Waals surface area contributed by atoms with Crippen molar-refractivity contribution in [3.63, 3.8) is 0 Å². The normalized spacial score (nSPS) is 25.1. The molecule has 2 aliphatic heterocycles. The zero-order chi connectivity index (χ0) is 18.9. The van der Waals surface area contributed by atoms with E-state index in [9.17, 15) is 13.2 Å². The number of fused-ring (bicyclic) bond motifs is 1. The number of aryl methyl sites for hydroxylation is 1. The van der Waals surface area contributed by atoms with Gasteiger partial charge >= 0.3 is 0 Å². The van der Waals surface area contributed by atoms with Crippen molar-refractivity contribution in [3.8, 4) is 0 Å². The Balaban J connectivity index is 1.80. The molecule has 7 nitrogen and oxygen atoms in total. The predicted molar refractivity (Wildman–Crippen MR) is 98.8 cm³/mol. The van der Waals surface area contributed by atoms with Crippen LogP contribution in [0.4, 0.5) is 0 Å². The number of nitrogens with zero attached hydrogens (tertiary/aromatic N) is 3. The maximum atomic E-state index is 12.9. The van der Waals surface area contributed by atoms with Crippen LogP contribution in [0.1, 0.15) is 43.4 Å². The summed E-state index contributed by atoms with van der Waals surface area (Å²) in [4.78, 5) is 16.8. The maximum Gasteiger partial charge on any atom is 0.276 e. The van der Waals surface area contributed by atoms with E-state index in [1.54, 1.807) is 11.0 Å². The molecule has 0 N–H and O–H groups in total. The maximum absolute atomic E-state index is 12.9. The summed E-state index contributed by atoms with van der Waals surface area (Å²) in [6, 6.07) is 1.20. The van der Waals surface area contributed by atoms with Crippen molar-refractivity contribution in [1.82, 2.24) is 15.0 Å². The fraction of sp³-hybridized carbons (Fsp3) is 0.667. The summed E-state index contributed by atoms with van der Waals surface area (Å²) in [6.45, 7) is 7.96. The fourth-order valence-corrected chi connectivity index (χ4v) is 5.74. The highest BCUT2D eigenvalue weighted by Crippen LogP contribution is 2.28. The molecule has 2 aliphatic rings. The van der Waals surface area contributed by atoms with Gasteiger partial charge in [0.1, 0.15) is 5.76 Å². The molecule has 2 saturated heterocycles. The lowest BCUT2D eigenvalue weighted by atomic mass is 10.0. The SMILES string of the molecule is CCCc1cc(C(=O)N2CCN(CC=C(C)C)C3CS(=O)(=O)CC32)no1. The summed E-state index contributed by atoms with van der Waals surface area (Å²) in [7, 11) is -3.15. The number of carbonyl (C=O) groups excluding carboxylic acids is 1. The highest BCUT2D eigenvalue weighted by molar-refractivity contribution is 7.91. The van der Waals surface area contributed by atoms with E-state index in [-0.39, 0.29) is 35.2 Å². The number of piperazine rings is 1. The number of rotatable bonds is 5. The van der Waals surface area contributed by atoms with E-state index in [1.807, 2.05) is 20.8 Å². The molecule has 1 amide bonds. The van der Waals surface area contributed by atoms with Crippen molar-refractivity contribution in [2.75, 3.05) is 31.1 Å². The molecule has 26 heavy (non-hydrogen) atoms. The lowest BCUT2D eigenvalue weighted by Gasteiger charge is -2.43. The van der Waals surface area contributed by atoms with Crippen molar-refractivity contribution < 1.29 is 17.7 Å². The number of hydrogen-bond donors (Lipinski definition) is 0. The smallest absolute Gasteiger partial charge is 0.276 e. The van der Waals surface area contributed by atoms with Gasteiger partial charge in [-0.25, -0.2) is 8.42 Å².